The van der Waals surface area contributed by atoms with Crippen LogP contribution in [-0.4, -0.2) is 53.1 Å². The number of thiocarbonyl (C=S) groups is 1. The van der Waals surface area contributed by atoms with Crippen LogP contribution in [0.15, 0.2) is 48.5 Å². The molecule has 10 heteroatoms. The first-order chi connectivity index (χ1) is 14.0. The smallest absolute Gasteiger partial charge is 0.270 e. The maximum atomic E-state index is 12.8. The number of hydrogen-bond donors (Lipinski definition) is 2. The van der Waals surface area contributed by atoms with Gasteiger partial charge in [-0.2, -0.15) is 0 Å². The number of nitro benzene ring substituents is 1. The van der Waals surface area contributed by atoms with E-state index in [1.165, 1.54) is 18.2 Å². The van der Waals surface area contributed by atoms with Crippen molar-refractivity contribution in [1.29, 1.82) is 0 Å². The van der Waals surface area contributed by atoms with Crippen molar-refractivity contribution in [2.45, 2.75) is 0 Å². The number of nitrogens with one attached hydrogen (secondary N) is 2. The number of anilines is 1. The highest BCUT2D eigenvalue weighted by Gasteiger charge is 2.21. The molecule has 0 bridgehead atoms. The van der Waals surface area contributed by atoms with Crippen molar-refractivity contribution in [3.63, 3.8) is 0 Å². The lowest BCUT2D eigenvalue weighted by molar-refractivity contribution is -0.384. The van der Waals surface area contributed by atoms with Crippen LogP contribution in [-0.2, 0) is 4.74 Å². The summed E-state index contributed by atoms with van der Waals surface area (Å²) in [5.74, 6) is -0.757. The number of ether oxygens (including phenoxy) is 1. The Morgan fingerprint density at radius 1 is 1.10 bits per heavy atom. The predicted octanol–water partition coefficient (Wildman–Crippen LogP) is 2.19. The lowest BCUT2D eigenvalue weighted by Crippen LogP contribution is -2.41. The molecule has 150 valence electrons. The number of amides is 2. The predicted molar refractivity (Wildman–Crippen MR) is 110 cm³/mol. The van der Waals surface area contributed by atoms with Crippen LogP contribution in [0.4, 0.5) is 11.4 Å². The zero-order valence-electron chi connectivity index (χ0n) is 15.3. The third-order valence-electron chi connectivity index (χ3n) is 4.25. The van der Waals surface area contributed by atoms with Crippen LogP contribution in [0, 0.1) is 10.1 Å². The average Bonchev–Trinajstić information content (AvgIpc) is 2.74. The van der Waals surface area contributed by atoms with E-state index in [9.17, 15) is 19.7 Å². The summed E-state index contributed by atoms with van der Waals surface area (Å²) in [5, 5.41) is 16.2. The van der Waals surface area contributed by atoms with E-state index < -0.39 is 10.8 Å². The first-order valence-electron chi connectivity index (χ1n) is 8.78. The molecular formula is C19H18N4O5S. The number of rotatable bonds is 4. The number of nitro groups is 1. The van der Waals surface area contributed by atoms with Crippen LogP contribution in [0.3, 0.4) is 0 Å². The van der Waals surface area contributed by atoms with Crippen LogP contribution >= 0.6 is 12.2 Å². The number of hydrogen-bond acceptors (Lipinski definition) is 6. The van der Waals surface area contributed by atoms with E-state index in [1.54, 1.807) is 29.2 Å². The standard InChI is InChI=1S/C19H18N4O5S/c24-17(13-4-3-5-14(12-13)23(26)27)21-19(29)20-16-7-2-1-6-15(16)18(25)22-8-10-28-11-9-22/h1-7,12H,8-11H2,(H2,20,21,24,29). The Morgan fingerprint density at radius 3 is 2.55 bits per heavy atom. The molecule has 0 spiro atoms. The van der Waals surface area contributed by atoms with Gasteiger partial charge in [0.2, 0.25) is 0 Å². The highest BCUT2D eigenvalue weighted by Crippen LogP contribution is 2.18. The summed E-state index contributed by atoms with van der Waals surface area (Å²) in [6, 6.07) is 12.1. The monoisotopic (exact) mass is 414 g/mol. The van der Waals surface area contributed by atoms with E-state index in [-0.39, 0.29) is 22.3 Å². The molecule has 9 nitrogen and oxygen atoms in total. The number of carbonyl (C=O) groups is 2. The molecule has 0 aliphatic carbocycles. The van der Waals surface area contributed by atoms with Crippen LogP contribution < -0.4 is 10.6 Å². The van der Waals surface area contributed by atoms with Gasteiger partial charge in [-0.1, -0.05) is 18.2 Å². The van der Waals surface area contributed by atoms with Crippen molar-refractivity contribution >= 4 is 40.5 Å². The molecule has 1 saturated heterocycles. The van der Waals surface area contributed by atoms with Crippen molar-refractivity contribution in [2.75, 3.05) is 31.6 Å². The molecule has 1 aliphatic heterocycles. The quantitative estimate of drug-likeness (QED) is 0.448. The van der Waals surface area contributed by atoms with E-state index in [1.807, 2.05) is 0 Å². The number of carbonyl (C=O) groups excluding carboxylic acids is 2. The summed E-state index contributed by atoms with van der Waals surface area (Å²) in [5.41, 5.74) is 0.772. The number of nitrogens with zero attached hydrogens (tertiary/aromatic N) is 2. The Hall–Kier alpha value is -3.37. The fourth-order valence-corrected chi connectivity index (χ4v) is 3.01. The van der Waals surface area contributed by atoms with Crippen molar-refractivity contribution < 1.29 is 19.2 Å². The summed E-state index contributed by atoms with van der Waals surface area (Å²) < 4.78 is 5.27. The summed E-state index contributed by atoms with van der Waals surface area (Å²) in [7, 11) is 0. The van der Waals surface area contributed by atoms with Crippen molar-refractivity contribution in [3.05, 3.63) is 69.8 Å². The first-order valence-corrected chi connectivity index (χ1v) is 9.19. The van der Waals surface area contributed by atoms with Gasteiger partial charge in [-0.25, -0.2) is 0 Å². The zero-order valence-corrected chi connectivity index (χ0v) is 16.1. The minimum absolute atomic E-state index is 0.0243. The minimum Gasteiger partial charge on any atom is -0.378 e. The minimum atomic E-state index is -0.594. The van der Waals surface area contributed by atoms with Gasteiger partial charge in [0.05, 0.1) is 29.4 Å². The van der Waals surface area contributed by atoms with Crippen molar-refractivity contribution in [2.24, 2.45) is 0 Å². The van der Waals surface area contributed by atoms with Crippen LogP contribution in [0.25, 0.3) is 0 Å². The molecule has 1 aliphatic rings. The number of para-hydroxylation sites is 1. The largest absolute Gasteiger partial charge is 0.378 e. The molecule has 2 aromatic carbocycles. The van der Waals surface area contributed by atoms with Crippen molar-refractivity contribution in [3.8, 4) is 0 Å². The SMILES string of the molecule is O=C(NC(=S)Nc1ccccc1C(=O)N1CCOCC1)c1cccc([N+](=O)[O-])c1. The normalized spacial score (nSPS) is 13.4. The van der Waals surface area contributed by atoms with Crippen LogP contribution in [0.5, 0.6) is 0 Å². The number of benzene rings is 2. The first kappa shape index (κ1) is 20.4. The number of morpholine rings is 1. The summed E-state index contributed by atoms with van der Waals surface area (Å²) in [4.78, 5) is 37.1. The molecular weight excluding hydrogens is 396 g/mol. The van der Waals surface area contributed by atoms with Gasteiger partial charge >= 0.3 is 0 Å². The second-order valence-electron chi connectivity index (χ2n) is 6.17. The molecule has 29 heavy (non-hydrogen) atoms. The second-order valence-corrected chi connectivity index (χ2v) is 6.57. The maximum Gasteiger partial charge on any atom is 0.270 e. The van der Waals surface area contributed by atoms with E-state index in [0.717, 1.165) is 6.07 Å². The fourth-order valence-electron chi connectivity index (χ4n) is 2.80. The van der Waals surface area contributed by atoms with Gasteiger partial charge in [0.15, 0.2) is 5.11 Å². The molecule has 2 aromatic rings. The Kier molecular flexibility index (Phi) is 6.47. The highest BCUT2D eigenvalue weighted by molar-refractivity contribution is 7.80. The van der Waals surface area contributed by atoms with E-state index in [2.05, 4.69) is 10.6 Å². The lowest BCUT2D eigenvalue weighted by Gasteiger charge is -2.27. The topological polar surface area (TPSA) is 114 Å². The molecule has 2 N–H and O–H groups in total. The highest BCUT2D eigenvalue weighted by atomic mass is 32.1. The van der Waals surface area contributed by atoms with E-state index in [0.29, 0.717) is 37.6 Å². The van der Waals surface area contributed by atoms with Gasteiger partial charge in [-0.15, -0.1) is 0 Å². The maximum absolute atomic E-state index is 12.8. The average molecular weight is 414 g/mol. The molecule has 0 atom stereocenters. The Morgan fingerprint density at radius 2 is 1.83 bits per heavy atom. The van der Waals surface area contributed by atoms with Gasteiger partial charge < -0.3 is 15.0 Å². The summed E-state index contributed by atoms with van der Waals surface area (Å²) in [6.45, 7) is 1.97. The zero-order chi connectivity index (χ0) is 20.8. The second kappa shape index (κ2) is 9.22. The van der Waals surface area contributed by atoms with Crippen molar-refractivity contribution in [1.82, 2.24) is 10.2 Å². The van der Waals surface area contributed by atoms with Gasteiger partial charge in [0, 0.05) is 30.8 Å². The molecule has 2 amide bonds. The Bertz CT molecular complexity index is 959. The van der Waals surface area contributed by atoms with Crippen LogP contribution in [0.2, 0.25) is 0 Å². The molecule has 0 radical (unpaired) electrons. The molecule has 3 rings (SSSR count). The van der Waals surface area contributed by atoms with Gasteiger partial charge in [-0.3, -0.25) is 25.0 Å². The molecule has 1 fully saturated rings. The summed E-state index contributed by atoms with van der Waals surface area (Å²) in [6.07, 6.45) is 0. The Labute approximate surface area is 171 Å². The Balaban J connectivity index is 1.69. The lowest BCUT2D eigenvalue weighted by atomic mass is 10.1. The third-order valence-corrected chi connectivity index (χ3v) is 4.45. The molecule has 0 aromatic heterocycles. The summed E-state index contributed by atoms with van der Waals surface area (Å²) >= 11 is 5.18. The fraction of sp³-hybridized carbons (Fsp3) is 0.211. The molecule has 1 heterocycles. The van der Waals surface area contributed by atoms with Crippen LogP contribution in [0.1, 0.15) is 20.7 Å². The van der Waals surface area contributed by atoms with Gasteiger partial charge in [-0.05, 0) is 30.4 Å². The van der Waals surface area contributed by atoms with E-state index >= 15 is 0 Å². The molecule has 0 unspecified atom stereocenters. The number of non-ortho nitro benzene ring substituents is 1. The third kappa shape index (κ3) is 5.12. The van der Waals surface area contributed by atoms with Gasteiger partial charge in [0.25, 0.3) is 17.5 Å². The van der Waals surface area contributed by atoms with Gasteiger partial charge in [0.1, 0.15) is 0 Å². The van der Waals surface area contributed by atoms with E-state index in [4.69, 9.17) is 17.0 Å². The molecule has 0 saturated carbocycles.